The number of hydrogen-bond acceptors (Lipinski definition) is 4. The van der Waals surface area contributed by atoms with Crippen LogP contribution in [0, 0.1) is 0 Å². The average Bonchev–Trinajstić information content (AvgIpc) is 2.71. The molecule has 2 aromatic carbocycles. The summed E-state index contributed by atoms with van der Waals surface area (Å²) in [4.78, 5) is 16.2. The third kappa shape index (κ3) is 4.46. The van der Waals surface area contributed by atoms with Gasteiger partial charge in [-0.1, -0.05) is 42.5 Å². The zero-order valence-corrected chi connectivity index (χ0v) is 14.3. The van der Waals surface area contributed by atoms with Crippen LogP contribution in [0.3, 0.4) is 0 Å². The highest BCUT2D eigenvalue weighted by molar-refractivity contribution is 5.86. The van der Waals surface area contributed by atoms with Crippen molar-refractivity contribution in [1.82, 2.24) is 10.5 Å². The Bertz CT molecular complexity index is 821. The molecule has 26 heavy (non-hydrogen) atoms. The van der Waals surface area contributed by atoms with Gasteiger partial charge in [0.15, 0.2) is 0 Å². The topological polar surface area (TPSA) is 74.2 Å². The Balaban J connectivity index is 1.68. The lowest BCUT2D eigenvalue weighted by Gasteiger charge is -2.16. The van der Waals surface area contributed by atoms with Crippen LogP contribution in [0.25, 0.3) is 0 Å². The average molecular weight is 347 g/mol. The lowest BCUT2D eigenvalue weighted by Crippen LogP contribution is -2.27. The van der Waals surface area contributed by atoms with E-state index < -0.39 is 11.8 Å². The summed E-state index contributed by atoms with van der Waals surface area (Å²) in [5.74, 6) is -0.998. The monoisotopic (exact) mass is 347 g/mol. The Morgan fingerprint density at radius 1 is 0.923 bits per heavy atom. The van der Waals surface area contributed by atoms with Crippen molar-refractivity contribution < 1.29 is 10.0 Å². The van der Waals surface area contributed by atoms with E-state index in [1.54, 1.807) is 17.9 Å². The molecule has 0 bridgehead atoms. The summed E-state index contributed by atoms with van der Waals surface area (Å²) in [6.07, 6.45) is 4.49. The maximum atomic E-state index is 12.1. The molecule has 0 radical (unpaired) electrons. The van der Waals surface area contributed by atoms with Gasteiger partial charge in [-0.3, -0.25) is 15.0 Å². The molecule has 0 spiro atoms. The summed E-state index contributed by atoms with van der Waals surface area (Å²) in [6.45, 7) is 0.808. The highest BCUT2D eigenvalue weighted by Gasteiger charge is 2.22. The molecule has 5 heteroatoms. The lowest BCUT2D eigenvalue weighted by atomic mass is 9.90. The predicted octanol–water partition coefficient (Wildman–Crippen LogP) is 3.37. The number of benzene rings is 2. The number of pyridine rings is 1. The van der Waals surface area contributed by atoms with Crippen molar-refractivity contribution in [3.05, 3.63) is 95.8 Å². The van der Waals surface area contributed by atoms with Crippen LogP contribution in [0.4, 0.5) is 5.69 Å². The number of anilines is 1. The minimum atomic E-state index is -0.549. The van der Waals surface area contributed by atoms with Gasteiger partial charge in [-0.2, -0.15) is 0 Å². The van der Waals surface area contributed by atoms with E-state index in [0.29, 0.717) is 0 Å². The number of amides is 1. The van der Waals surface area contributed by atoms with Crippen LogP contribution in [0.1, 0.15) is 22.6 Å². The molecule has 132 valence electrons. The van der Waals surface area contributed by atoms with Gasteiger partial charge >= 0.3 is 0 Å². The van der Waals surface area contributed by atoms with Crippen LogP contribution in [0.5, 0.6) is 0 Å². The highest BCUT2D eigenvalue weighted by atomic mass is 16.5. The lowest BCUT2D eigenvalue weighted by molar-refractivity contribution is -0.129. The highest BCUT2D eigenvalue weighted by Crippen LogP contribution is 2.26. The van der Waals surface area contributed by atoms with E-state index in [9.17, 15) is 4.79 Å². The molecule has 0 fully saturated rings. The third-order valence-corrected chi connectivity index (χ3v) is 4.24. The van der Waals surface area contributed by atoms with Gasteiger partial charge in [0.1, 0.15) is 0 Å². The first kappa shape index (κ1) is 17.6. The normalized spacial score (nSPS) is 11.6. The maximum absolute atomic E-state index is 12.1. The molecule has 3 N–H and O–H groups in total. The van der Waals surface area contributed by atoms with E-state index in [2.05, 4.69) is 10.3 Å². The quantitative estimate of drug-likeness (QED) is 0.452. The van der Waals surface area contributed by atoms with Gasteiger partial charge in [-0.05, 0) is 47.4 Å². The van der Waals surface area contributed by atoms with Gasteiger partial charge in [0, 0.05) is 24.6 Å². The Morgan fingerprint density at radius 3 is 2.23 bits per heavy atom. The molecule has 0 saturated heterocycles. The molecule has 0 saturated carbocycles. The minimum absolute atomic E-state index is 0.449. The van der Waals surface area contributed by atoms with E-state index in [1.165, 1.54) is 5.56 Å². The molecule has 5 nitrogen and oxygen atoms in total. The number of carbonyl (C=O) groups is 1. The number of nitrogens with zero attached hydrogens (tertiary/aromatic N) is 1. The van der Waals surface area contributed by atoms with Gasteiger partial charge in [0.25, 0.3) is 5.91 Å². The summed E-state index contributed by atoms with van der Waals surface area (Å²) in [7, 11) is 0. The Labute approximate surface area is 152 Å². The summed E-state index contributed by atoms with van der Waals surface area (Å²) in [5, 5.41) is 12.5. The largest absolute Gasteiger partial charge is 0.385 e. The summed E-state index contributed by atoms with van der Waals surface area (Å²) < 4.78 is 0. The molecule has 0 aliphatic heterocycles. The van der Waals surface area contributed by atoms with Crippen LogP contribution in [-0.2, 0) is 11.2 Å². The molecular weight excluding hydrogens is 326 g/mol. The Morgan fingerprint density at radius 2 is 1.58 bits per heavy atom. The van der Waals surface area contributed by atoms with Crippen LogP contribution >= 0.6 is 0 Å². The van der Waals surface area contributed by atoms with Crippen molar-refractivity contribution in [3.63, 3.8) is 0 Å². The van der Waals surface area contributed by atoms with Crippen molar-refractivity contribution in [3.8, 4) is 0 Å². The van der Waals surface area contributed by atoms with Crippen molar-refractivity contribution >= 4 is 11.6 Å². The second-order valence-electron chi connectivity index (χ2n) is 5.97. The predicted molar refractivity (Wildman–Crippen MR) is 101 cm³/mol. The molecule has 1 atom stereocenters. The second-order valence-corrected chi connectivity index (χ2v) is 5.97. The van der Waals surface area contributed by atoms with Crippen molar-refractivity contribution in [2.24, 2.45) is 0 Å². The van der Waals surface area contributed by atoms with Gasteiger partial charge in [0.05, 0.1) is 5.92 Å². The number of rotatable bonds is 7. The zero-order chi connectivity index (χ0) is 18.2. The molecule has 1 amide bonds. The fourth-order valence-electron chi connectivity index (χ4n) is 2.90. The van der Waals surface area contributed by atoms with E-state index >= 15 is 0 Å². The number of hydrogen-bond donors (Lipinski definition) is 3. The first-order valence-electron chi connectivity index (χ1n) is 8.49. The number of aromatic nitrogens is 1. The second kappa shape index (κ2) is 8.78. The molecule has 1 unspecified atom stereocenters. The molecule has 3 rings (SSSR count). The number of carbonyl (C=O) groups excluding carboxylic acids is 1. The van der Waals surface area contributed by atoms with E-state index in [4.69, 9.17) is 5.21 Å². The van der Waals surface area contributed by atoms with Gasteiger partial charge in [0.2, 0.25) is 0 Å². The van der Waals surface area contributed by atoms with Crippen LogP contribution in [0.15, 0.2) is 79.1 Å². The molecule has 3 aromatic rings. The first-order chi connectivity index (χ1) is 12.8. The molecule has 0 aliphatic rings. The van der Waals surface area contributed by atoms with Gasteiger partial charge in [-0.15, -0.1) is 0 Å². The summed E-state index contributed by atoms with van der Waals surface area (Å²) in [6, 6.07) is 21.1. The van der Waals surface area contributed by atoms with Crippen LogP contribution < -0.4 is 10.8 Å². The van der Waals surface area contributed by atoms with Crippen LogP contribution in [0.2, 0.25) is 0 Å². The number of nitrogens with one attached hydrogen (secondary N) is 2. The van der Waals surface area contributed by atoms with Gasteiger partial charge < -0.3 is 5.32 Å². The standard InChI is InChI=1S/C21H21N3O2/c25-21(24-26)20(17-4-2-1-3-5-17)18-6-8-19(9-7-18)23-15-12-16-10-13-22-14-11-16/h1-11,13-14,20,23,26H,12,15H2,(H,24,25). The van der Waals surface area contributed by atoms with Crippen molar-refractivity contribution in [1.29, 1.82) is 0 Å². The SMILES string of the molecule is O=C(NO)C(c1ccccc1)c1ccc(NCCc2ccncc2)cc1. The maximum Gasteiger partial charge on any atom is 0.255 e. The molecular formula is C21H21N3O2. The molecule has 1 aromatic heterocycles. The molecule has 0 aliphatic carbocycles. The van der Waals surface area contributed by atoms with Crippen molar-refractivity contribution in [2.45, 2.75) is 12.3 Å². The fraction of sp³-hybridized carbons (Fsp3) is 0.143. The van der Waals surface area contributed by atoms with Crippen LogP contribution in [-0.4, -0.2) is 22.6 Å². The van der Waals surface area contributed by atoms with Crippen molar-refractivity contribution in [2.75, 3.05) is 11.9 Å². The van der Waals surface area contributed by atoms with E-state index in [0.717, 1.165) is 29.8 Å². The summed E-state index contributed by atoms with van der Waals surface area (Å²) >= 11 is 0. The Kier molecular flexibility index (Phi) is 5.96. The summed E-state index contributed by atoms with van der Waals surface area (Å²) in [5.41, 5.74) is 5.64. The van der Waals surface area contributed by atoms with Gasteiger partial charge in [-0.25, -0.2) is 5.48 Å². The van der Waals surface area contributed by atoms with E-state index in [-0.39, 0.29) is 0 Å². The third-order valence-electron chi connectivity index (χ3n) is 4.24. The molecule has 1 heterocycles. The zero-order valence-electron chi connectivity index (χ0n) is 14.3. The smallest absolute Gasteiger partial charge is 0.255 e. The number of hydroxylamine groups is 1. The Hall–Kier alpha value is -3.18. The fourth-order valence-corrected chi connectivity index (χ4v) is 2.90. The first-order valence-corrected chi connectivity index (χ1v) is 8.49. The minimum Gasteiger partial charge on any atom is -0.385 e. The van der Waals surface area contributed by atoms with E-state index in [1.807, 2.05) is 66.7 Å².